The van der Waals surface area contributed by atoms with Gasteiger partial charge in [-0.3, -0.25) is 13.8 Å². The van der Waals surface area contributed by atoms with E-state index in [1.54, 1.807) is 4.40 Å². The van der Waals surface area contributed by atoms with Crippen molar-refractivity contribution in [1.82, 2.24) is 23.8 Å². The largest absolute Gasteiger partial charge is 0.302 e. The lowest BCUT2D eigenvalue weighted by Crippen LogP contribution is -2.34. The Bertz CT molecular complexity index is 1780. The first-order valence-electron chi connectivity index (χ1n) is 12.8. The van der Waals surface area contributed by atoms with Gasteiger partial charge in [-0.05, 0) is 55.5 Å². The van der Waals surface area contributed by atoms with Crippen LogP contribution in [0, 0.1) is 6.92 Å². The molecule has 2 aliphatic heterocycles. The lowest BCUT2D eigenvalue weighted by Gasteiger charge is -2.30. The third-order valence-electron chi connectivity index (χ3n) is 7.71. The number of hydrogen-bond acceptors (Lipinski definition) is 5. The fraction of sp³-hybridized carbons (Fsp3) is 0.233. The van der Waals surface area contributed by atoms with E-state index in [9.17, 15) is 4.79 Å². The van der Waals surface area contributed by atoms with E-state index in [1.165, 1.54) is 33.6 Å². The molecule has 184 valence electrons. The Morgan fingerprint density at radius 2 is 1.81 bits per heavy atom. The maximum atomic E-state index is 13.0. The number of aromatic nitrogens is 4. The summed E-state index contributed by atoms with van der Waals surface area (Å²) in [6.45, 7) is 4.78. The van der Waals surface area contributed by atoms with E-state index in [0.717, 1.165) is 72.0 Å². The van der Waals surface area contributed by atoms with E-state index >= 15 is 0 Å². The van der Waals surface area contributed by atoms with Gasteiger partial charge < -0.3 is 4.90 Å². The Labute approximate surface area is 218 Å². The summed E-state index contributed by atoms with van der Waals surface area (Å²) in [4.78, 5) is 26.0. The zero-order valence-corrected chi connectivity index (χ0v) is 21.5. The minimum absolute atomic E-state index is 0.0741. The number of fused-ring (bicyclic) bond motifs is 5. The minimum Gasteiger partial charge on any atom is -0.302 e. The van der Waals surface area contributed by atoms with Crippen molar-refractivity contribution < 1.29 is 0 Å². The topological polar surface area (TPSA) is 55.4 Å². The lowest BCUT2D eigenvalue weighted by molar-refractivity contribution is 0.259. The Kier molecular flexibility index (Phi) is 5.41. The molecule has 5 aromatic rings. The molecule has 37 heavy (non-hydrogen) atoms. The zero-order valence-electron chi connectivity index (χ0n) is 20.7. The number of nitrogens with zero attached hydrogens (tertiary/aromatic N) is 5. The fourth-order valence-corrected chi connectivity index (χ4v) is 6.49. The molecule has 0 unspecified atom stereocenters. The number of rotatable bonds is 3. The van der Waals surface area contributed by atoms with Crippen molar-refractivity contribution >= 4 is 45.2 Å². The van der Waals surface area contributed by atoms with Gasteiger partial charge in [-0.1, -0.05) is 42.0 Å². The SMILES string of the molecule is Cc1nc2sccn2c(=O)c1CCN1CCC(=C2c3ccccc3C=Cn3c2nc2ccccc23)CC1. The number of thiazole rings is 1. The molecule has 0 radical (unpaired) electrons. The highest BCUT2D eigenvalue weighted by Gasteiger charge is 2.25. The van der Waals surface area contributed by atoms with Crippen molar-refractivity contribution in [2.45, 2.75) is 26.2 Å². The van der Waals surface area contributed by atoms with Crippen molar-refractivity contribution in [3.05, 3.63) is 104 Å². The van der Waals surface area contributed by atoms with Crippen LogP contribution in [0.4, 0.5) is 0 Å². The van der Waals surface area contributed by atoms with Gasteiger partial charge in [-0.2, -0.15) is 0 Å². The standard InChI is InChI=1S/C30H27N5OS/c1-20-23(29(36)35-18-19-37-30(35)31-20)13-16-33-14-10-22(11-15-33)27-24-7-3-2-6-21(24)12-17-34-26-9-5-4-8-25(26)32-28(27)34/h2-9,12,17-19H,10-11,13-16H2,1H3. The normalized spacial score (nSPS) is 15.8. The van der Waals surface area contributed by atoms with Crippen LogP contribution in [0.25, 0.3) is 33.8 Å². The number of aryl methyl sites for hydroxylation is 1. The van der Waals surface area contributed by atoms with Crippen LogP contribution >= 0.6 is 11.3 Å². The van der Waals surface area contributed by atoms with Gasteiger partial charge in [0.1, 0.15) is 5.82 Å². The zero-order chi connectivity index (χ0) is 24.9. The summed E-state index contributed by atoms with van der Waals surface area (Å²) in [6.07, 6.45) is 8.90. The summed E-state index contributed by atoms with van der Waals surface area (Å²) in [5.41, 5.74) is 9.14. The fourth-order valence-electron chi connectivity index (χ4n) is 5.74. The van der Waals surface area contributed by atoms with E-state index in [0.29, 0.717) is 0 Å². The van der Waals surface area contributed by atoms with Crippen molar-refractivity contribution in [1.29, 1.82) is 0 Å². The van der Waals surface area contributed by atoms with Crippen LogP contribution in [-0.2, 0) is 6.42 Å². The predicted molar refractivity (Wildman–Crippen MR) is 151 cm³/mol. The number of benzene rings is 2. The Morgan fingerprint density at radius 3 is 2.70 bits per heavy atom. The maximum absolute atomic E-state index is 13.0. The molecule has 0 spiro atoms. The first-order valence-corrected chi connectivity index (χ1v) is 13.7. The number of imidazole rings is 1. The second-order valence-corrected chi connectivity index (χ2v) is 10.7. The number of likely N-dealkylation sites (tertiary alicyclic amines) is 1. The molecule has 1 fully saturated rings. The highest BCUT2D eigenvalue weighted by Crippen LogP contribution is 2.37. The van der Waals surface area contributed by atoms with Gasteiger partial charge in [-0.25, -0.2) is 9.97 Å². The summed E-state index contributed by atoms with van der Waals surface area (Å²) in [5, 5.41) is 1.92. The van der Waals surface area contributed by atoms with E-state index in [1.807, 2.05) is 18.5 Å². The molecular formula is C30H27N5OS. The van der Waals surface area contributed by atoms with E-state index in [-0.39, 0.29) is 5.56 Å². The van der Waals surface area contributed by atoms with Crippen molar-refractivity contribution in [3.63, 3.8) is 0 Å². The van der Waals surface area contributed by atoms with Crippen LogP contribution in [-0.4, -0.2) is 43.5 Å². The van der Waals surface area contributed by atoms with Gasteiger partial charge in [0.15, 0.2) is 4.96 Å². The highest BCUT2D eigenvalue weighted by molar-refractivity contribution is 7.15. The first-order chi connectivity index (χ1) is 18.2. The smallest absolute Gasteiger partial charge is 0.261 e. The average Bonchev–Trinajstić information content (AvgIpc) is 3.50. The molecule has 0 bridgehead atoms. The molecule has 7 heteroatoms. The summed E-state index contributed by atoms with van der Waals surface area (Å²) < 4.78 is 3.92. The first kappa shape index (κ1) is 22.4. The minimum atomic E-state index is 0.0741. The molecule has 0 aliphatic carbocycles. The molecule has 0 amide bonds. The quantitative estimate of drug-likeness (QED) is 0.319. The summed E-state index contributed by atoms with van der Waals surface area (Å²) in [5.74, 6) is 1.03. The summed E-state index contributed by atoms with van der Waals surface area (Å²) >= 11 is 1.50. The number of piperidine rings is 1. The molecule has 1 saturated heterocycles. The molecule has 0 atom stereocenters. The van der Waals surface area contributed by atoms with Crippen LogP contribution in [0.15, 0.2) is 70.5 Å². The van der Waals surface area contributed by atoms with Crippen molar-refractivity contribution in [3.8, 4) is 0 Å². The van der Waals surface area contributed by atoms with E-state index < -0.39 is 0 Å². The third kappa shape index (κ3) is 3.77. The highest BCUT2D eigenvalue weighted by atomic mass is 32.1. The molecule has 6 nitrogen and oxygen atoms in total. The van der Waals surface area contributed by atoms with Crippen LogP contribution < -0.4 is 5.56 Å². The van der Waals surface area contributed by atoms with Gasteiger partial charge in [0.25, 0.3) is 5.56 Å². The Morgan fingerprint density at radius 1 is 1.00 bits per heavy atom. The van der Waals surface area contributed by atoms with E-state index in [2.05, 4.69) is 75.3 Å². The molecule has 0 N–H and O–H groups in total. The molecule has 7 rings (SSSR count). The second kappa shape index (κ2) is 8.94. The van der Waals surface area contributed by atoms with Crippen molar-refractivity contribution in [2.24, 2.45) is 0 Å². The van der Waals surface area contributed by atoms with Crippen LogP contribution in [0.1, 0.15) is 41.1 Å². The molecule has 5 heterocycles. The third-order valence-corrected chi connectivity index (χ3v) is 8.47. The molecular weight excluding hydrogens is 478 g/mol. The monoisotopic (exact) mass is 505 g/mol. The van der Waals surface area contributed by atoms with Gasteiger partial charge in [0, 0.05) is 54.2 Å². The molecule has 0 saturated carbocycles. The van der Waals surface area contributed by atoms with Gasteiger partial charge >= 0.3 is 0 Å². The van der Waals surface area contributed by atoms with E-state index in [4.69, 9.17) is 4.98 Å². The number of hydrogen-bond donors (Lipinski definition) is 0. The van der Waals surface area contributed by atoms with Crippen LogP contribution in [0.2, 0.25) is 0 Å². The van der Waals surface area contributed by atoms with Gasteiger partial charge in [-0.15, -0.1) is 11.3 Å². The summed E-state index contributed by atoms with van der Waals surface area (Å²) in [6, 6.07) is 17.0. The van der Waals surface area contributed by atoms with Gasteiger partial charge in [0.2, 0.25) is 0 Å². The maximum Gasteiger partial charge on any atom is 0.261 e. The Hall–Kier alpha value is -3.81. The van der Waals surface area contributed by atoms with Crippen LogP contribution in [0.5, 0.6) is 0 Å². The second-order valence-electron chi connectivity index (χ2n) is 9.80. The molecule has 2 aromatic carbocycles. The number of para-hydroxylation sites is 2. The van der Waals surface area contributed by atoms with Gasteiger partial charge in [0.05, 0.1) is 11.0 Å². The van der Waals surface area contributed by atoms with Crippen LogP contribution in [0.3, 0.4) is 0 Å². The average molecular weight is 506 g/mol. The molecule has 3 aromatic heterocycles. The Balaban J connectivity index is 1.19. The predicted octanol–water partition coefficient (Wildman–Crippen LogP) is 5.50. The summed E-state index contributed by atoms with van der Waals surface area (Å²) in [7, 11) is 0. The lowest BCUT2D eigenvalue weighted by atomic mass is 9.90. The molecule has 2 aliphatic rings. The van der Waals surface area contributed by atoms with Crippen molar-refractivity contribution in [2.75, 3.05) is 19.6 Å².